The van der Waals surface area contributed by atoms with Crippen LogP contribution in [0.1, 0.15) is 23.7 Å². The number of nitrogens with one attached hydrogen (secondary N) is 2. The maximum absolute atomic E-state index is 12.9. The van der Waals surface area contributed by atoms with Gasteiger partial charge in [-0.3, -0.25) is 19.7 Å². The summed E-state index contributed by atoms with van der Waals surface area (Å²) in [6.07, 6.45) is 0.0865. The first-order chi connectivity index (χ1) is 14.3. The minimum Gasteiger partial charge on any atom is -0.452 e. The number of hydrogen-bond acceptors (Lipinski definition) is 7. The maximum Gasteiger partial charge on any atom is 0.341 e. The van der Waals surface area contributed by atoms with E-state index in [1.165, 1.54) is 17.0 Å². The number of fused-ring (bicyclic) bond motifs is 1. The molecule has 0 bridgehead atoms. The Bertz CT molecular complexity index is 1020. The van der Waals surface area contributed by atoms with E-state index < -0.39 is 29.4 Å². The van der Waals surface area contributed by atoms with Gasteiger partial charge in [-0.15, -0.1) is 0 Å². The standard InChI is InChI=1S/C20H20N4O6/c1-12-9-18(25)22-16-5-3-4-6-17(16)23(12)19(26)11-30-20(27)14-10-13(24(28)29)7-8-15(14)21-2/h3-8,10,12,21H,9,11H2,1-2H3,(H,22,25)/t12-/m0/s1. The second kappa shape index (κ2) is 8.60. The van der Waals surface area contributed by atoms with Crippen molar-refractivity contribution in [3.8, 4) is 0 Å². The number of nitro groups is 1. The first-order valence-corrected chi connectivity index (χ1v) is 9.16. The van der Waals surface area contributed by atoms with Gasteiger partial charge in [-0.1, -0.05) is 12.1 Å². The van der Waals surface area contributed by atoms with Crippen LogP contribution in [-0.4, -0.2) is 42.4 Å². The lowest BCUT2D eigenvalue weighted by Gasteiger charge is -2.27. The minimum absolute atomic E-state index is 0.0549. The Balaban J connectivity index is 1.80. The molecule has 3 rings (SSSR count). The fourth-order valence-electron chi connectivity index (χ4n) is 3.28. The average molecular weight is 412 g/mol. The quantitative estimate of drug-likeness (QED) is 0.438. The molecule has 0 unspecified atom stereocenters. The van der Waals surface area contributed by atoms with Crippen LogP contribution in [0.5, 0.6) is 0 Å². The summed E-state index contributed by atoms with van der Waals surface area (Å²) in [5.41, 5.74) is 1.000. The zero-order valence-corrected chi connectivity index (χ0v) is 16.4. The summed E-state index contributed by atoms with van der Waals surface area (Å²) in [7, 11) is 1.56. The van der Waals surface area contributed by atoms with Crippen molar-refractivity contribution in [3.63, 3.8) is 0 Å². The predicted molar refractivity (Wildman–Crippen MR) is 110 cm³/mol. The summed E-state index contributed by atoms with van der Waals surface area (Å²) in [4.78, 5) is 49.2. The van der Waals surface area contributed by atoms with E-state index in [4.69, 9.17) is 4.74 Å². The average Bonchev–Trinajstić information content (AvgIpc) is 2.85. The number of carbonyl (C=O) groups is 3. The smallest absolute Gasteiger partial charge is 0.341 e. The number of nitro benzene ring substituents is 1. The Kier molecular flexibility index (Phi) is 5.95. The summed E-state index contributed by atoms with van der Waals surface area (Å²) < 4.78 is 5.15. The summed E-state index contributed by atoms with van der Waals surface area (Å²) in [5.74, 6) is -1.62. The number of ether oxygens (including phenoxy) is 1. The Morgan fingerprint density at radius 1 is 1.30 bits per heavy atom. The van der Waals surface area contributed by atoms with Gasteiger partial charge in [-0.25, -0.2) is 4.79 Å². The van der Waals surface area contributed by atoms with Crippen LogP contribution in [0.2, 0.25) is 0 Å². The second-order valence-corrected chi connectivity index (χ2v) is 6.70. The number of esters is 1. The van der Waals surface area contributed by atoms with Crippen molar-refractivity contribution in [1.29, 1.82) is 0 Å². The highest BCUT2D eigenvalue weighted by Crippen LogP contribution is 2.31. The zero-order valence-electron chi connectivity index (χ0n) is 16.4. The number of benzene rings is 2. The van der Waals surface area contributed by atoms with Crippen LogP contribution in [0.25, 0.3) is 0 Å². The number of rotatable bonds is 5. The van der Waals surface area contributed by atoms with E-state index in [0.29, 0.717) is 17.1 Å². The molecule has 0 aromatic heterocycles. The van der Waals surface area contributed by atoms with Gasteiger partial charge in [0.05, 0.1) is 21.9 Å². The fraction of sp³-hybridized carbons (Fsp3) is 0.250. The first kappa shape index (κ1) is 20.8. The van der Waals surface area contributed by atoms with Gasteiger partial charge in [0.1, 0.15) is 0 Å². The van der Waals surface area contributed by atoms with Gasteiger partial charge in [0, 0.05) is 37.3 Å². The molecule has 2 N–H and O–H groups in total. The van der Waals surface area contributed by atoms with E-state index in [-0.39, 0.29) is 23.6 Å². The van der Waals surface area contributed by atoms with Crippen LogP contribution in [0, 0.1) is 10.1 Å². The van der Waals surface area contributed by atoms with E-state index >= 15 is 0 Å². The van der Waals surface area contributed by atoms with Crippen LogP contribution in [0.4, 0.5) is 22.7 Å². The Labute approximate surface area is 172 Å². The fourth-order valence-corrected chi connectivity index (χ4v) is 3.28. The number of nitrogens with zero attached hydrogens (tertiary/aromatic N) is 2. The largest absolute Gasteiger partial charge is 0.452 e. The molecule has 1 aliphatic rings. The van der Waals surface area contributed by atoms with Gasteiger partial charge < -0.3 is 20.3 Å². The van der Waals surface area contributed by atoms with E-state index in [0.717, 1.165) is 6.07 Å². The van der Waals surface area contributed by atoms with Crippen molar-refractivity contribution >= 4 is 40.5 Å². The topological polar surface area (TPSA) is 131 Å². The third-order valence-electron chi connectivity index (χ3n) is 4.66. The van der Waals surface area contributed by atoms with Crippen LogP contribution < -0.4 is 15.5 Å². The molecule has 10 nitrogen and oxygen atoms in total. The third kappa shape index (κ3) is 4.22. The molecule has 2 amide bonds. The molecule has 0 spiro atoms. The maximum atomic E-state index is 12.9. The molecule has 0 aliphatic carbocycles. The van der Waals surface area contributed by atoms with Crippen molar-refractivity contribution in [2.24, 2.45) is 0 Å². The van der Waals surface area contributed by atoms with Gasteiger partial charge >= 0.3 is 5.97 Å². The number of para-hydroxylation sites is 2. The molecule has 1 aliphatic heterocycles. The number of amides is 2. The number of carbonyl (C=O) groups excluding carboxylic acids is 3. The van der Waals surface area contributed by atoms with Gasteiger partial charge in [0.25, 0.3) is 11.6 Å². The zero-order chi connectivity index (χ0) is 21.8. The van der Waals surface area contributed by atoms with Gasteiger partial charge in [0.15, 0.2) is 6.61 Å². The van der Waals surface area contributed by atoms with Crippen LogP contribution in [0.3, 0.4) is 0 Å². The molecule has 0 saturated carbocycles. The Morgan fingerprint density at radius 2 is 2.03 bits per heavy atom. The molecular weight excluding hydrogens is 392 g/mol. The Morgan fingerprint density at radius 3 is 2.73 bits per heavy atom. The minimum atomic E-state index is -0.874. The molecule has 2 aromatic carbocycles. The normalized spacial score (nSPS) is 15.5. The van der Waals surface area contributed by atoms with Crippen LogP contribution in [-0.2, 0) is 14.3 Å². The summed E-state index contributed by atoms with van der Waals surface area (Å²) in [6, 6.07) is 10.1. The second-order valence-electron chi connectivity index (χ2n) is 6.70. The van der Waals surface area contributed by atoms with Crippen molar-refractivity contribution < 1.29 is 24.0 Å². The first-order valence-electron chi connectivity index (χ1n) is 9.16. The summed E-state index contributed by atoms with van der Waals surface area (Å²) in [5, 5.41) is 16.5. The molecule has 2 aromatic rings. The van der Waals surface area contributed by atoms with Crippen LogP contribution in [0.15, 0.2) is 42.5 Å². The van der Waals surface area contributed by atoms with E-state index in [2.05, 4.69) is 10.6 Å². The third-order valence-corrected chi connectivity index (χ3v) is 4.66. The molecule has 0 fully saturated rings. The monoisotopic (exact) mass is 412 g/mol. The summed E-state index contributed by atoms with van der Waals surface area (Å²) >= 11 is 0. The number of non-ortho nitro benzene ring substituents is 1. The molecule has 0 saturated heterocycles. The summed E-state index contributed by atoms with van der Waals surface area (Å²) in [6.45, 7) is 1.14. The lowest BCUT2D eigenvalue weighted by molar-refractivity contribution is -0.384. The van der Waals surface area contributed by atoms with Crippen molar-refractivity contribution in [2.45, 2.75) is 19.4 Å². The highest BCUT2D eigenvalue weighted by atomic mass is 16.6. The SMILES string of the molecule is CNc1ccc([N+](=O)[O-])cc1C(=O)OCC(=O)N1c2ccccc2NC(=O)C[C@@H]1C. The van der Waals surface area contributed by atoms with E-state index in [1.54, 1.807) is 38.2 Å². The van der Waals surface area contributed by atoms with E-state index in [1.807, 2.05) is 0 Å². The molecular formula is C20H20N4O6. The Hall–Kier alpha value is -3.95. The molecule has 1 heterocycles. The van der Waals surface area contributed by atoms with Gasteiger partial charge in [-0.05, 0) is 25.1 Å². The molecule has 0 radical (unpaired) electrons. The van der Waals surface area contributed by atoms with Crippen molar-refractivity contribution in [3.05, 3.63) is 58.1 Å². The number of anilines is 3. The molecule has 10 heteroatoms. The van der Waals surface area contributed by atoms with Crippen molar-refractivity contribution in [1.82, 2.24) is 0 Å². The predicted octanol–water partition coefficient (Wildman–Crippen LogP) is 2.56. The molecule has 1 atom stereocenters. The highest BCUT2D eigenvalue weighted by molar-refractivity contribution is 6.05. The lowest BCUT2D eigenvalue weighted by Crippen LogP contribution is -2.41. The van der Waals surface area contributed by atoms with Gasteiger partial charge in [-0.2, -0.15) is 0 Å². The molecule has 156 valence electrons. The number of hydrogen-bond donors (Lipinski definition) is 2. The van der Waals surface area contributed by atoms with Gasteiger partial charge in [0.2, 0.25) is 5.91 Å². The van der Waals surface area contributed by atoms with E-state index in [9.17, 15) is 24.5 Å². The van der Waals surface area contributed by atoms with Crippen molar-refractivity contribution in [2.75, 3.05) is 29.2 Å². The van der Waals surface area contributed by atoms with Crippen LogP contribution >= 0.6 is 0 Å². The lowest BCUT2D eigenvalue weighted by atomic mass is 10.1. The molecule has 30 heavy (non-hydrogen) atoms. The highest BCUT2D eigenvalue weighted by Gasteiger charge is 2.30.